The van der Waals surface area contributed by atoms with Gasteiger partial charge in [-0.2, -0.15) is 0 Å². The number of aromatic nitrogens is 1. The highest BCUT2D eigenvalue weighted by molar-refractivity contribution is 9.10. The number of nitrogens with zero attached hydrogens (tertiary/aromatic N) is 1. The number of hydrogen-bond acceptors (Lipinski definition) is 1. The first-order valence-electron chi connectivity index (χ1n) is 6.67. The molecule has 0 saturated carbocycles. The van der Waals surface area contributed by atoms with Gasteiger partial charge in [0.05, 0.1) is 0 Å². The first-order valence-corrected chi connectivity index (χ1v) is 7.46. The van der Waals surface area contributed by atoms with Crippen LogP contribution in [0.1, 0.15) is 15.9 Å². The van der Waals surface area contributed by atoms with Crippen molar-refractivity contribution in [1.29, 1.82) is 0 Å². The normalized spacial score (nSPS) is 11.3. The fourth-order valence-electron chi connectivity index (χ4n) is 2.37. The van der Waals surface area contributed by atoms with Crippen LogP contribution in [0.2, 0.25) is 0 Å². The number of carbonyl (C=O) groups is 1. The lowest BCUT2D eigenvalue weighted by atomic mass is 10.1. The molecular formula is C18H14BrNO. The van der Waals surface area contributed by atoms with Crippen LogP contribution in [0.25, 0.3) is 17.0 Å². The van der Waals surface area contributed by atoms with Gasteiger partial charge in [-0.25, -0.2) is 0 Å². The van der Waals surface area contributed by atoms with Gasteiger partial charge in [0.2, 0.25) is 0 Å². The van der Waals surface area contributed by atoms with E-state index in [9.17, 15) is 4.79 Å². The number of allylic oxidation sites excluding steroid dienone is 1. The summed E-state index contributed by atoms with van der Waals surface area (Å²) in [6.45, 7) is 0. The number of aryl methyl sites for hydroxylation is 1. The number of fused-ring (bicyclic) bond motifs is 1. The molecule has 3 heteroatoms. The molecule has 0 bridgehead atoms. The van der Waals surface area contributed by atoms with Gasteiger partial charge in [0, 0.05) is 34.2 Å². The van der Waals surface area contributed by atoms with Gasteiger partial charge in [-0.3, -0.25) is 4.79 Å². The highest BCUT2D eigenvalue weighted by Crippen LogP contribution is 2.21. The largest absolute Gasteiger partial charge is 0.350 e. The summed E-state index contributed by atoms with van der Waals surface area (Å²) in [5.74, 6) is 0.0229. The van der Waals surface area contributed by atoms with E-state index in [1.165, 1.54) is 0 Å². The lowest BCUT2D eigenvalue weighted by Gasteiger charge is -1.95. The second kappa shape index (κ2) is 5.70. The Bertz CT molecular complexity index is 828. The Morgan fingerprint density at radius 1 is 1.10 bits per heavy atom. The number of halogens is 1. The van der Waals surface area contributed by atoms with Crippen LogP contribution in [0, 0.1) is 0 Å². The van der Waals surface area contributed by atoms with Gasteiger partial charge in [-0.05, 0) is 29.8 Å². The molecule has 21 heavy (non-hydrogen) atoms. The van der Waals surface area contributed by atoms with E-state index >= 15 is 0 Å². The predicted molar refractivity (Wildman–Crippen MR) is 90.4 cm³/mol. The minimum atomic E-state index is 0.0229. The van der Waals surface area contributed by atoms with Crippen LogP contribution in [0.3, 0.4) is 0 Å². The number of carbonyl (C=O) groups excluding carboxylic acids is 1. The molecule has 3 rings (SSSR count). The molecule has 0 saturated heterocycles. The number of ketones is 1. The van der Waals surface area contributed by atoms with Crippen LogP contribution >= 0.6 is 15.9 Å². The molecule has 2 aromatic carbocycles. The summed E-state index contributed by atoms with van der Waals surface area (Å²) < 4.78 is 3.01. The van der Waals surface area contributed by atoms with Crippen molar-refractivity contribution < 1.29 is 4.79 Å². The third-order valence-corrected chi connectivity index (χ3v) is 3.99. The molecule has 0 radical (unpaired) electrons. The zero-order valence-corrected chi connectivity index (χ0v) is 13.2. The summed E-state index contributed by atoms with van der Waals surface area (Å²) in [6.07, 6.45) is 5.36. The number of benzene rings is 2. The smallest absolute Gasteiger partial charge is 0.188 e. The SMILES string of the molecule is Cn1cc(C(=O)C=Cc2ccc(Br)cc2)c2ccccc21. The molecule has 0 N–H and O–H groups in total. The summed E-state index contributed by atoms with van der Waals surface area (Å²) in [5.41, 5.74) is 2.81. The average Bonchev–Trinajstić information content (AvgIpc) is 2.84. The second-order valence-electron chi connectivity index (χ2n) is 4.92. The maximum atomic E-state index is 12.4. The zero-order chi connectivity index (χ0) is 14.8. The molecule has 1 heterocycles. The van der Waals surface area contributed by atoms with Crippen LogP contribution in [0.4, 0.5) is 0 Å². The molecule has 0 aliphatic rings. The van der Waals surface area contributed by atoms with E-state index in [1.54, 1.807) is 6.08 Å². The Morgan fingerprint density at radius 2 is 1.81 bits per heavy atom. The second-order valence-corrected chi connectivity index (χ2v) is 5.84. The molecule has 2 nitrogen and oxygen atoms in total. The molecule has 1 aromatic heterocycles. The standard InChI is InChI=1S/C18H14BrNO/c1-20-12-16(15-4-2-3-5-17(15)20)18(21)11-8-13-6-9-14(19)10-7-13/h2-12H,1H3. The van der Waals surface area contributed by atoms with E-state index < -0.39 is 0 Å². The Hall–Kier alpha value is -2.13. The van der Waals surface area contributed by atoms with Crippen molar-refractivity contribution >= 4 is 38.7 Å². The molecular weight excluding hydrogens is 326 g/mol. The first-order chi connectivity index (χ1) is 10.1. The van der Waals surface area contributed by atoms with Crippen molar-refractivity contribution in [3.63, 3.8) is 0 Å². The van der Waals surface area contributed by atoms with Crippen molar-refractivity contribution in [2.24, 2.45) is 7.05 Å². The molecule has 0 atom stereocenters. The van der Waals surface area contributed by atoms with Crippen molar-refractivity contribution in [3.8, 4) is 0 Å². The summed E-state index contributed by atoms with van der Waals surface area (Å²) in [6, 6.07) is 15.8. The van der Waals surface area contributed by atoms with E-state index in [1.807, 2.05) is 72.4 Å². The molecule has 0 aliphatic heterocycles. The third kappa shape index (κ3) is 2.83. The van der Waals surface area contributed by atoms with E-state index in [0.29, 0.717) is 0 Å². The van der Waals surface area contributed by atoms with Gasteiger partial charge in [0.1, 0.15) is 0 Å². The zero-order valence-electron chi connectivity index (χ0n) is 11.6. The Morgan fingerprint density at radius 3 is 2.57 bits per heavy atom. The number of rotatable bonds is 3. The highest BCUT2D eigenvalue weighted by Gasteiger charge is 2.10. The monoisotopic (exact) mass is 339 g/mol. The molecule has 0 fully saturated rings. The minimum absolute atomic E-state index is 0.0229. The number of hydrogen-bond donors (Lipinski definition) is 0. The Balaban J connectivity index is 1.92. The third-order valence-electron chi connectivity index (χ3n) is 3.46. The summed E-state index contributed by atoms with van der Waals surface area (Å²) in [5, 5.41) is 0.991. The lowest BCUT2D eigenvalue weighted by molar-refractivity contribution is 0.104. The average molecular weight is 340 g/mol. The topological polar surface area (TPSA) is 22.0 Å². The van der Waals surface area contributed by atoms with Crippen LogP contribution in [0.15, 0.2) is 65.3 Å². The molecule has 0 aliphatic carbocycles. The maximum Gasteiger partial charge on any atom is 0.188 e. The van der Waals surface area contributed by atoms with Crippen LogP contribution in [0.5, 0.6) is 0 Å². The summed E-state index contributed by atoms with van der Waals surface area (Å²) in [4.78, 5) is 12.4. The molecule has 3 aromatic rings. The summed E-state index contributed by atoms with van der Waals surface area (Å²) in [7, 11) is 1.96. The Kier molecular flexibility index (Phi) is 3.76. The van der Waals surface area contributed by atoms with Gasteiger partial charge in [0.15, 0.2) is 5.78 Å². The van der Waals surface area contributed by atoms with E-state index in [4.69, 9.17) is 0 Å². The van der Waals surface area contributed by atoms with Crippen LogP contribution in [-0.2, 0) is 7.05 Å². The summed E-state index contributed by atoms with van der Waals surface area (Å²) >= 11 is 3.40. The van der Waals surface area contributed by atoms with Gasteiger partial charge >= 0.3 is 0 Å². The van der Waals surface area contributed by atoms with Crippen molar-refractivity contribution in [1.82, 2.24) is 4.57 Å². The van der Waals surface area contributed by atoms with Crippen LogP contribution < -0.4 is 0 Å². The van der Waals surface area contributed by atoms with Crippen LogP contribution in [-0.4, -0.2) is 10.4 Å². The molecule has 0 amide bonds. The van der Waals surface area contributed by atoms with Gasteiger partial charge < -0.3 is 4.57 Å². The maximum absolute atomic E-state index is 12.4. The van der Waals surface area contributed by atoms with E-state index in [0.717, 1.165) is 26.5 Å². The Labute approximate surface area is 131 Å². The van der Waals surface area contributed by atoms with Crippen molar-refractivity contribution in [3.05, 3.63) is 76.4 Å². The van der Waals surface area contributed by atoms with Gasteiger partial charge in [0.25, 0.3) is 0 Å². The molecule has 0 spiro atoms. The fourth-order valence-corrected chi connectivity index (χ4v) is 2.64. The quantitative estimate of drug-likeness (QED) is 0.494. The predicted octanol–water partition coefficient (Wildman–Crippen LogP) is 4.84. The molecule has 104 valence electrons. The molecule has 0 unspecified atom stereocenters. The first kappa shape index (κ1) is 13.8. The number of para-hydroxylation sites is 1. The van der Waals surface area contributed by atoms with Gasteiger partial charge in [-0.15, -0.1) is 0 Å². The highest BCUT2D eigenvalue weighted by atomic mass is 79.9. The van der Waals surface area contributed by atoms with E-state index in [-0.39, 0.29) is 5.78 Å². The van der Waals surface area contributed by atoms with E-state index in [2.05, 4.69) is 15.9 Å². The van der Waals surface area contributed by atoms with Crippen molar-refractivity contribution in [2.45, 2.75) is 0 Å². The minimum Gasteiger partial charge on any atom is -0.350 e. The fraction of sp³-hybridized carbons (Fsp3) is 0.0556. The lowest BCUT2D eigenvalue weighted by Crippen LogP contribution is -1.92. The van der Waals surface area contributed by atoms with Gasteiger partial charge in [-0.1, -0.05) is 52.3 Å². The van der Waals surface area contributed by atoms with Crippen molar-refractivity contribution in [2.75, 3.05) is 0 Å².